The van der Waals surface area contributed by atoms with Crippen LogP contribution in [-0.2, 0) is 6.18 Å². The molecule has 4 nitrogen and oxygen atoms in total. The number of halogens is 3. The van der Waals surface area contributed by atoms with Gasteiger partial charge in [0.15, 0.2) is 5.01 Å². The Labute approximate surface area is 104 Å². The van der Waals surface area contributed by atoms with Gasteiger partial charge in [-0.05, 0) is 19.4 Å². The van der Waals surface area contributed by atoms with Crippen molar-refractivity contribution in [3.63, 3.8) is 0 Å². The van der Waals surface area contributed by atoms with Crippen LogP contribution < -0.4 is 5.56 Å². The number of aromatic nitrogens is 3. The second kappa shape index (κ2) is 4.20. The van der Waals surface area contributed by atoms with Crippen LogP contribution in [0, 0.1) is 13.8 Å². The third kappa shape index (κ3) is 2.15. The quantitative estimate of drug-likeness (QED) is 0.870. The van der Waals surface area contributed by atoms with Crippen molar-refractivity contribution in [2.45, 2.75) is 20.0 Å². The van der Waals surface area contributed by atoms with Crippen molar-refractivity contribution in [2.24, 2.45) is 0 Å². The largest absolute Gasteiger partial charge is 0.443 e. The van der Waals surface area contributed by atoms with E-state index in [1.807, 2.05) is 0 Å². The van der Waals surface area contributed by atoms with E-state index >= 15 is 0 Å². The maximum absolute atomic E-state index is 12.4. The predicted octanol–water partition coefficient (Wildman–Crippen LogP) is 2.53. The zero-order valence-corrected chi connectivity index (χ0v) is 10.2. The van der Waals surface area contributed by atoms with Crippen molar-refractivity contribution in [2.75, 3.05) is 0 Å². The van der Waals surface area contributed by atoms with Crippen LogP contribution in [0.15, 0.2) is 11.0 Å². The fourth-order valence-corrected chi connectivity index (χ4v) is 2.21. The van der Waals surface area contributed by atoms with Crippen LogP contribution in [0.25, 0.3) is 10.6 Å². The minimum atomic E-state index is -4.46. The van der Waals surface area contributed by atoms with Crippen molar-refractivity contribution >= 4 is 11.3 Å². The summed E-state index contributed by atoms with van der Waals surface area (Å²) in [5.41, 5.74) is 0.954. The molecular formula is C10H8F3N3OS. The highest BCUT2D eigenvalue weighted by Crippen LogP contribution is 2.36. The molecule has 96 valence electrons. The maximum Gasteiger partial charge on any atom is 0.443 e. The van der Waals surface area contributed by atoms with Gasteiger partial charge in [0.25, 0.3) is 5.56 Å². The number of aromatic amines is 1. The number of hydrogen-bond acceptors (Lipinski definition) is 4. The van der Waals surface area contributed by atoms with E-state index < -0.39 is 11.2 Å². The molecule has 0 atom stereocenters. The van der Waals surface area contributed by atoms with Gasteiger partial charge in [-0.1, -0.05) is 0 Å². The van der Waals surface area contributed by atoms with E-state index in [-0.39, 0.29) is 10.4 Å². The molecule has 2 aromatic heterocycles. The van der Waals surface area contributed by atoms with Crippen molar-refractivity contribution in [1.29, 1.82) is 0 Å². The molecule has 18 heavy (non-hydrogen) atoms. The molecule has 2 rings (SSSR count). The highest BCUT2D eigenvalue weighted by atomic mass is 32.1. The fraction of sp³-hybridized carbons (Fsp3) is 0.300. The second-order valence-electron chi connectivity index (χ2n) is 3.68. The summed E-state index contributed by atoms with van der Waals surface area (Å²) in [4.78, 5) is 14.9. The molecule has 0 fully saturated rings. The first-order valence-electron chi connectivity index (χ1n) is 4.90. The van der Waals surface area contributed by atoms with Gasteiger partial charge in [-0.2, -0.15) is 18.3 Å². The van der Waals surface area contributed by atoms with E-state index in [9.17, 15) is 18.0 Å². The molecular weight excluding hydrogens is 267 g/mol. The van der Waals surface area contributed by atoms with Crippen molar-refractivity contribution in [3.8, 4) is 10.6 Å². The van der Waals surface area contributed by atoms with Gasteiger partial charge in [0.1, 0.15) is 5.69 Å². The maximum atomic E-state index is 12.4. The fourth-order valence-electron chi connectivity index (χ4n) is 1.38. The summed E-state index contributed by atoms with van der Waals surface area (Å²) in [6.45, 7) is 3.23. The lowest BCUT2D eigenvalue weighted by Gasteiger charge is -2.03. The molecule has 0 aliphatic carbocycles. The zero-order valence-electron chi connectivity index (χ0n) is 9.42. The van der Waals surface area contributed by atoms with Crippen molar-refractivity contribution in [1.82, 2.24) is 15.2 Å². The third-order valence-corrected chi connectivity index (χ3v) is 3.56. The molecule has 0 radical (unpaired) electrons. The summed E-state index contributed by atoms with van der Waals surface area (Å²) in [5, 5.41) is 5.09. The normalized spacial score (nSPS) is 11.8. The molecule has 0 bridgehead atoms. The van der Waals surface area contributed by atoms with Crippen LogP contribution in [0.3, 0.4) is 0 Å². The van der Waals surface area contributed by atoms with E-state index in [2.05, 4.69) is 15.2 Å². The lowest BCUT2D eigenvalue weighted by molar-refractivity contribution is -0.137. The molecule has 1 N–H and O–H groups in total. The standard InChI is InChI=1S/C10H8F3N3OS/c1-4-5(2)8(17)16-15-7(4)6-3-14-9(18-6)10(11,12)13/h3H,1-2H3,(H,16,17). The Kier molecular flexibility index (Phi) is 2.97. The van der Waals surface area contributed by atoms with Crippen LogP contribution in [0.5, 0.6) is 0 Å². The molecule has 2 aromatic rings. The second-order valence-corrected chi connectivity index (χ2v) is 4.71. The van der Waals surface area contributed by atoms with Crippen LogP contribution >= 0.6 is 11.3 Å². The first kappa shape index (κ1) is 12.7. The van der Waals surface area contributed by atoms with Gasteiger partial charge in [0.2, 0.25) is 0 Å². The van der Waals surface area contributed by atoms with E-state index in [1.165, 1.54) is 0 Å². The molecule has 0 saturated heterocycles. The monoisotopic (exact) mass is 275 g/mol. The number of hydrogen-bond donors (Lipinski definition) is 1. The Morgan fingerprint density at radius 2 is 1.94 bits per heavy atom. The van der Waals surface area contributed by atoms with Crippen LogP contribution in [0.1, 0.15) is 16.1 Å². The topological polar surface area (TPSA) is 58.6 Å². The highest BCUT2D eigenvalue weighted by molar-refractivity contribution is 7.15. The lowest BCUT2D eigenvalue weighted by Crippen LogP contribution is -2.14. The summed E-state index contributed by atoms with van der Waals surface area (Å²) in [7, 11) is 0. The predicted molar refractivity (Wildman–Crippen MR) is 60.4 cm³/mol. The van der Waals surface area contributed by atoms with Crippen LogP contribution in [-0.4, -0.2) is 15.2 Å². The number of nitrogens with one attached hydrogen (secondary N) is 1. The Bertz CT molecular complexity index is 645. The number of nitrogens with zero attached hydrogens (tertiary/aromatic N) is 2. The molecule has 0 aliphatic rings. The molecule has 2 heterocycles. The lowest BCUT2D eigenvalue weighted by atomic mass is 10.1. The van der Waals surface area contributed by atoms with Gasteiger partial charge >= 0.3 is 6.18 Å². The van der Waals surface area contributed by atoms with Gasteiger partial charge in [-0.25, -0.2) is 10.1 Å². The van der Waals surface area contributed by atoms with E-state index in [1.54, 1.807) is 13.8 Å². The molecule has 0 unspecified atom stereocenters. The minimum absolute atomic E-state index is 0.277. The molecule has 0 aromatic carbocycles. The summed E-state index contributed by atoms with van der Waals surface area (Å²) in [6, 6.07) is 0. The van der Waals surface area contributed by atoms with Gasteiger partial charge in [-0.15, -0.1) is 11.3 Å². The summed E-state index contributed by atoms with van der Waals surface area (Å²) in [6.07, 6.45) is -3.35. The van der Waals surface area contributed by atoms with Crippen molar-refractivity contribution in [3.05, 3.63) is 32.7 Å². The Morgan fingerprint density at radius 1 is 1.28 bits per heavy atom. The van der Waals surface area contributed by atoms with Crippen LogP contribution in [0.2, 0.25) is 0 Å². The number of rotatable bonds is 1. The molecule has 8 heteroatoms. The molecule has 0 saturated carbocycles. The van der Waals surface area contributed by atoms with E-state index in [0.29, 0.717) is 28.2 Å². The Balaban J connectivity index is 2.54. The van der Waals surface area contributed by atoms with E-state index in [4.69, 9.17) is 0 Å². The summed E-state index contributed by atoms with van der Waals surface area (Å²) < 4.78 is 37.3. The Morgan fingerprint density at radius 3 is 2.50 bits per heavy atom. The number of thiazole rings is 1. The van der Waals surface area contributed by atoms with Gasteiger partial charge in [0.05, 0.1) is 4.88 Å². The van der Waals surface area contributed by atoms with Gasteiger partial charge in [0, 0.05) is 11.8 Å². The van der Waals surface area contributed by atoms with Gasteiger partial charge in [-0.3, -0.25) is 4.79 Å². The molecule has 0 aliphatic heterocycles. The van der Waals surface area contributed by atoms with Crippen molar-refractivity contribution < 1.29 is 13.2 Å². The number of alkyl halides is 3. The SMILES string of the molecule is Cc1c(-c2cnc(C(F)(F)F)s2)n[nH]c(=O)c1C. The summed E-state index contributed by atoms with van der Waals surface area (Å²) >= 11 is 0.501. The zero-order chi connectivity index (χ0) is 13.5. The first-order chi connectivity index (χ1) is 8.30. The summed E-state index contributed by atoms with van der Waals surface area (Å²) in [5.74, 6) is 0. The number of H-pyrrole nitrogens is 1. The molecule has 0 spiro atoms. The average Bonchev–Trinajstić information content (AvgIpc) is 2.75. The van der Waals surface area contributed by atoms with Crippen LogP contribution in [0.4, 0.5) is 13.2 Å². The Hall–Kier alpha value is -1.70. The smallest absolute Gasteiger partial charge is 0.268 e. The van der Waals surface area contributed by atoms with E-state index in [0.717, 1.165) is 6.20 Å². The third-order valence-electron chi connectivity index (χ3n) is 2.51. The average molecular weight is 275 g/mol. The first-order valence-corrected chi connectivity index (χ1v) is 5.71. The van der Waals surface area contributed by atoms with Gasteiger partial charge < -0.3 is 0 Å². The minimum Gasteiger partial charge on any atom is -0.268 e. The highest BCUT2D eigenvalue weighted by Gasteiger charge is 2.35. The molecule has 0 amide bonds.